The Bertz CT molecular complexity index is 482. The average molecular weight is 262 g/mol. The van der Waals surface area contributed by atoms with Crippen LogP contribution in [0.25, 0.3) is 0 Å². The van der Waals surface area contributed by atoms with Crippen LogP contribution in [0.15, 0.2) is 18.2 Å². The first-order valence-corrected chi connectivity index (χ1v) is 6.27. The van der Waals surface area contributed by atoms with Gasteiger partial charge in [-0.25, -0.2) is 4.79 Å². The number of guanidine groups is 1. The Balaban J connectivity index is 2.97. The highest BCUT2D eigenvalue weighted by Crippen LogP contribution is 2.24. The molecule has 5 heteroatoms. The molecule has 0 aliphatic rings. The van der Waals surface area contributed by atoms with E-state index >= 15 is 0 Å². The predicted molar refractivity (Wildman–Crippen MR) is 78.9 cm³/mol. The Morgan fingerprint density at radius 3 is 2.47 bits per heavy atom. The maximum atomic E-state index is 12.1. The molecule has 0 saturated carbocycles. The van der Waals surface area contributed by atoms with Crippen LogP contribution in [0.4, 0.5) is 10.5 Å². The Morgan fingerprint density at radius 1 is 1.32 bits per heavy atom. The van der Waals surface area contributed by atoms with Crippen LogP contribution in [0, 0.1) is 12.3 Å². The number of benzene rings is 1. The minimum atomic E-state index is -0.303. The van der Waals surface area contributed by atoms with Crippen LogP contribution in [-0.2, 0) is 6.42 Å². The third-order valence-electron chi connectivity index (χ3n) is 3.01. The monoisotopic (exact) mass is 262 g/mol. The zero-order valence-corrected chi connectivity index (χ0v) is 12.2. The first-order valence-electron chi connectivity index (χ1n) is 6.27. The fourth-order valence-electron chi connectivity index (χ4n) is 1.88. The van der Waals surface area contributed by atoms with E-state index in [0.717, 1.165) is 23.2 Å². The molecule has 0 aliphatic carbocycles. The van der Waals surface area contributed by atoms with Crippen molar-refractivity contribution >= 4 is 17.7 Å². The lowest BCUT2D eigenvalue weighted by molar-refractivity contribution is 0.250. The number of rotatable bonds is 2. The SMILES string of the molecule is CCc1cccc(C)c1N(C)C(=O)NC(=N)N(C)C. The zero-order valence-electron chi connectivity index (χ0n) is 12.2. The van der Waals surface area contributed by atoms with Gasteiger partial charge in [0.2, 0.25) is 0 Å². The van der Waals surface area contributed by atoms with Crippen LogP contribution in [0.1, 0.15) is 18.1 Å². The molecule has 0 heterocycles. The molecular formula is C14H22N4O. The fraction of sp³-hybridized carbons (Fsp3) is 0.429. The van der Waals surface area contributed by atoms with E-state index in [0.29, 0.717) is 0 Å². The van der Waals surface area contributed by atoms with E-state index in [9.17, 15) is 4.79 Å². The number of para-hydroxylation sites is 1. The van der Waals surface area contributed by atoms with Crippen molar-refractivity contribution in [3.8, 4) is 0 Å². The lowest BCUT2D eigenvalue weighted by Crippen LogP contribution is -2.46. The minimum absolute atomic E-state index is 0.0727. The highest BCUT2D eigenvalue weighted by atomic mass is 16.2. The number of urea groups is 1. The quantitative estimate of drug-likeness (QED) is 0.634. The molecule has 0 radical (unpaired) electrons. The normalized spacial score (nSPS) is 9.95. The Morgan fingerprint density at radius 2 is 1.95 bits per heavy atom. The van der Waals surface area contributed by atoms with Crippen molar-refractivity contribution in [1.29, 1.82) is 5.41 Å². The Hall–Kier alpha value is -2.04. The number of amides is 2. The number of aryl methyl sites for hydroxylation is 2. The van der Waals surface area contributed by atoms with Gasteiger partial charge in [-0.3, -0.25) is 15.6 Å². The maximum Gasteiger partial charge on any atom is 0.328 e. The van der Waals surface area contributed by atoms with Gasteiger partial charge in [-0.1, -0.05) is 25.1 Å². The number of carbonyl (C=O) groups excluding carboxylic acids is 1. The van der Waals surface area contributed by atoms with E-state index in [-0.39, 0.29) is 12.0 Å². The average Bonchev–Trinajstić information content (AvgIpc) is 2.37. The van der Waals surface area contributed by atoms with Crippen molar-refractivity contribution in [2.24, 2.45) is 0 Å². The first kappa shape index (κ1) is 15.0. The lowest BCUT2D eigenvalue weighted by atomic mass is 10.1. The molecule has 0 bridgehead atoms. The summed E-state index contributed by atoms with van der Waals surface area (Å²) in [5.74, 6) is 0.0727. The van der Waals surface area contributed by atoms with E-state index < -0.39 is 0 Å². The summed E-state index contributed by atoms with van der Waals surface area (Å²) in [4.78, 5) is 15.2. The zero-order chi connectivity index (χ0) is 14.6. The second-order valence-electron chi connectivity index (χ2n) is 4.67. The van der Waals surface area contributed by atoms with Crippen molar-refractivity contribution in [2.75, 3.05) is 26.0 Å². The molecule has 1 rings (SSSR count). The van der Waals surface area contributed by atoms with Crippen LogP contribution in [-0.4, -0.2) is 38.0 Å². The van der Waals surface area contributed by atoms with Gasteiger partial charge in [0.05, 0.1) is 5.69 Å². The Labute approximate surface area is 114 Å². The predicted octanol–water partition coefficient (Wildman–Crippen LogP) is 2.20. The molecule has 0 atom stereocenters. The highest BCUT2D eigenvalue weighted by Gasteiger charge is 2.17. The number of nitrogens with zero attached hydrogens (tertiary/aromatic N) is 2. The number of nitrogens with one attached hydrogen (secondary N) is 2. The van der Waals surface area contributed by atoms with Crippen molar-refractivity contribution < 1.29 is 4.79 Å². The highest BCUT2D eigenvalue weighted by molar-refractivity contribution is 6.03. The molecule has 2 amide bonds. The lowest BCUT2D eigenvalue weighted by Gasteiger charge is -2.24. The molecule has 104 valence electrons. The van der Waals surface area contributed by atoms with Crippen molar-refractivity contribution in [3.63, 3.8) is 0 Å². The smallest absolute Gasteiger partial charge is 0.328 e. The summed E-state index contributed by atoms with van der Waals surface area (Å²) in [5.41, 5.74) is 3.08. The summed E-state index contributed by atoms with van der Waals surface area (Å²) in [6, 6.07) is 5.69. The molecule has 2 N–H and O–H groups in total. The van der Waals surface area contributed by atoms with Crippen LogP contribution in [0.5, 0.6) is 0 Å². The molecular weight excluding hydrogens is 240 g/mol. The second-order valence-corrected chi connectivity index (χ2v) is 4.67. The molecule has 0 unspecified atom stereocenters. The fourth-order valence-corrected chi connectivity index (χ4v) is 1.88. The molecule has 19 heavy (non-hydrogen) atoms. The molecule has 1 aromatic rings. The standard InChI is InChI=1S/C14H22N4O/c1-6-11-9-7-8-10(2)12(11)18(5)14(19)16-13(15)17(3)4/h7-9H,6H2,1-5H3,(H2,15,16,19). The summed E-state index contributed by atoms with van der Waals surface area (Å²) >= 11 is 0. The Kier molecular flexibility index (Phi) is 4.92. The number of hydrogen-bond donors (Lipinski definition) is 2. The van der Waals surface area contributed by atoms with Gasteiger partial charge >= 0.3 is 6.03 Å². The van der Waals surface area contributed by atoms with Gasteiger partial charge in [0.1, 0.15) is 0 Å². The minimum Gasteiger partial charge on any atom is -0.349 e. The van der Waals surface area contributed by atoms with Gasteiger partial charge in [-0.15, -0.1) is 0 Å². The number of anilines is 1. The van der Waals surface area contributed by atoms with E-state index in [2.05, 4.69) is 12.2 Å². The summed E-state index contributed by atoms with van der Waals surface area (Å²) in [6.45, 7) is 4.04. The van der Waals surface area contributed by atoms with Crippen LogP contribution >= 0.6 is 0 Å². The van der Waals surface area contributed by atoms with Gasteiger partial charge < -0.3 is 4.90 Å². The van der Waals surface area contributed by atoms with Crippen LogP contribution in [0.2, 0.25) is 0 Å². The molecule has 0 spiro atoms. The van der Waals surface area contributed by atoms with Gasteiger partial charge in [0, 0.05) is 21.1 Å². The van der Waals surface area contributed by atoms with Crippen LogP contribution in [0.3, 0.4) is 0 Å². The third kappa shape index (κ3) is 3.47. The van der Waals surface area contributed by atoms with Crippen LogP contribution < -0.4 is 10.2 Å². The van der Waals surface area contributed by atoms with E-state index in [4.69, 9.17) is 5.41 Å². The van der Waals surface area contributed by atoms with E-state index in [1.54, 1.807) is 30.9 Å². The molecule has 0 aromatic heterocycles. The van der Waals surface area contributed by atoms with Gasteiger partial charge in [-0.2, -0.15) is 0 Å². The molecule has 1 aromatic carbocycles. The van der Waals surface area contributed by atoms with Gasteiger partial charge in [0.25, 0.3) is 0 Å². The molecule has 0 aliphatic heterocycles. The van der Waals surface area contributed by atoms with Crippen molar-refractivity contribution in [2.45, 2.75) is 20.3 Å². The summed E-state index contributed by atoms with van der Waals surface area (Å²) in [6.07, 6.45) is 0.861. The molecule has 0 saturated heterocycles. The third-order valence-corrected chi connectivity index (χ3v) is 3.01. The number of carbonyl (C=O) groups is 1. The second kappa shape index (κ2) is 6.22. The van der Waals surface area contributed by atoms with Crippen molar-refractivity contribution in [1.82, 2.24) is 10.2 Å². The molecule has 0 fully saturated rings. The topological polar surface area (TPSA) is 59.4 Å². The van der Waals surface area contributed by atoms with Gasteiger partial charge in [-0.05, 0) is 24.5 Å². The summed E-state index contributed by atoms with van der Waals surface area (Å²) in [7, 11) is 5.15. The summed E-state index contributed by atoms with van der Waals surface area (Å²) < 4.78 is 0. The van der Waals surface area contributed by atoms with Gasteiger partial charge in [0.15, 0.2) is 5.96 Å². The largest absolute Gasteiger partial charge is 0.349 e. The molecule has 5 nitrogen and oxygen atoms in total. The van der Waals surface area contributed by atoms with E-state index in [1.165, 1.54) is 0 Å². The maximum absolute atomic E-state index is 12.1. The van der Waals surface area contributed by atoms with Crippen molar-refractivity contribution in [3.05, 3.63) is 29.3 Å². The first-order chi connectivity index (χ1) is 8.88. The number of hydrogen-bond acceptors (Lipinski definition) is 2. The van der Waals surface area contributed by atoms with E-state index in [1.807, 2.05) is 25.1 Å². The summed E-state index contributed by atoms with van der Waals surface area (Å²) in [5, 5.41) is 10.2.